The predicted octanol–water partition coefficient (Wildman–Crippen LogP) is 1.35. The van der Waals surface area contributed by atoms with Gasteiger partial charge in [0.25, 0.3) is 5.91 Å². The molecule has 8 nitrogen and oxygen atoms in total. The van der Waals surface area contributed by atoms with E-state index in [0.29, 0.717) is 49.7 Å². The third-order valence-electron chi connectivity index (χ3n) is 6.43. The van der Waals surface area contributed by atoms with Gasteiger partial charge in [-0.1, -0.05) is 12.1 Å². The van der Waals surface area contributed by atoms with Crippen molar-refractivity contribution in [3.05, 3.63) is 11.7 Å². The number of piperidine rings is 1. The summed E-state index contributed by atoms with van der Waals surface area (Å²) in [6, 6.07) is 0. The van der Waals surface area contributed by atoms with Gasteiger partial charge in [-0.3, -0.25) is 9.59 Å². The molecule has 8 heteroatoms. The molecule has 4 rings (SSSR count). The second-order valence-electron chi connectivity index (χ2n) is 8.67. The normalized spacial score (nSPS) is 29.1. The van der Waals surface area contributed by atoms with Gasteiger partial charge in [-0.15, -0.1) is 0 Å². The van der Waals surface area contributed by atoms with Crippen LogP contribution in [0.1, 0.15) is 63.1 Å². The number of hydrogen-bond donors (Lipinski definition) is 1. The summed E-state index contributed by atoms with van der Waals surface area (Å²) in [6.07, 6.45) is 4.91. The summed E-state index contributed by atoms with van der Waals surface area (Å²) in [6.45, 7) is 4.21. The molecule has 3 atom stereocenters. The van der Waals surface area contributed by atoms with E-state index in [4.69, 9.17) is 4.52 Å². The molecule has 0 spiro atoms. The molecule has 1 aromatic heterocycles. The van der Waals surface area contributed by atoms with Crippen LogP contribution in [0.25, 0.3) is 0 Å². The number of aliphatic hydroxyl groups is 1. The van der Waals surface area contributed by atoms with E-state index in [-0.39, 0.29) is 18.4 Å². The largest absolute Gasteiger partial charge is 0.383 e. The molecule has 1 saturated carbocycles. The average Bonchev–Trinajstić information content (AvgIpc) is 3.28. The smallest absolute Gasteiger partial charge is 0.251 e. The van der Waals surface area contributed by atoms with Gasteiger partial charge in [0.2, 0.25) is 11.8 Å². The molecule has 3 aliphatic rings. The van der Waals surface area contributed by atoms with Crippen LogP contribution in [0.15, 0.2) is 4.52 Å². The second-order valence-corrected chi connectivity index (χ2v) is 8.67. The van der Waals surface area contributed by atoms with Crippen molar-refractivity contribution in [1.82, 2.24) is 19.9 Å². The molecule has 1 aliphatic carbocycles. The molecular weight excluding hydrogens is 360 g/mol. The van der Waals surface area contributed by atoms with Gasteiger partial charge < -0.3 is 19.4 Å². The number of amides is 2. The van der Waals surface area contributed by atoms with E-state index in [0.717, 1.165) is 44.3 Å². The van der Waals surface area contributed by atoms with Crippen LogP contribution in [0.3, 0.4) is 0 Å². The fourth-order valence-corrected chi connectivity index (χ4v) is 4.32. The number of hydrogen-bond acceptors (Lipinski definition) is 6. The van der Waals surface area contributed by atoms with Gasteiger partial charge in [0.15, 0.2) is 5.82 Å². The average molecular weight is 390 g/mol. The number of nitrogens with zero attached hydrogens (tertiary/aromatic N) is 4. The van der Waals surface area contributed by atoms with Crippen LogP contribution in [0, 0.1) is 11.8 Å². The standard InChI is InChI=1S/C20H30N4O4/c1-13-10-15(13)19-21-17(28-22-19)11-14-5-8-23(9-6-14)18(26)12-24-7-3-2-4-16(25)20(24)27/h13-16,25H,2-12H2,1H3. The van der Waals surface area contributed by atoms with Crippen molar-refractivity contribution < 1.29 is 19.2 Å². The minimum Gasteiger partial charge on any atom is -0.383 e. The first-order chi connectivity index (χ1) is 13.5. The highest BCUT2D eigenvalue weighted by atomic mass is 16.5. The lowest BCUT2D eigenvalue weighted by molar-refractivity contribution is -0.145. The number of carbonyl (C=O) groups is 2. The molecule has 3 fully saturated rings. The summed E-state index contributed by atoms with van der Waals surface area (Å²) in [4.78, 5) is 32.7. The topological polar surface area (TPSA) is 99.8 Å². The Labute approximate surface area is 165 Å². The van der Waals surface area contributed by atoms with E-state index in [2.05, 4.69) is 17.1 Å². The van der Waals surface area contributed by atoms with Crippen LogP contribution < -0.4 is 0 Å². The SMILES string of the molecule is CC1CC1c1noc(CC2CCN(C(=O)CN3CCCCC(O)C3=O)CC2)n1. The molecule has 3 heterocycles. The lowest BCUT2D eigenvalue weighted by atomic mass is 9.93. The van der Waals surface area contributed by atoms with E-state index in [1.807, 2.05) is 4.90 Å². The maximum absolute atomic E-state index is 12.6. The predicted molar refractivity (Wildman–Crippen MR) is 100 cm³/mol. The van der Waals surface area contributed by atoms with Crippen molar-refractivity contribution >= 4 is 11.8 Å². The van der Waals surface area contributed by atoms with Crippen molar-refractivity contribution in [3.63, 3.8) is 0 Å². The molecule has 2 aliphatic heterocycles. The summed E-state index contributed by atoms with van der Waals surface area (Å²) >= 11 is 0. The molecule has 3 unspecified atom stereocenters. The summed E-state index contributed by atoms with van der Waals surface area (Å²) in [7, 11) is 0. The Morgan fingerprint density at radius 1 is 1.21 bits per heavy atom. The van der Waals surface area contributed by atoms with Gasteiger partial charge in [-0.25, -0.2) is 0 Å². The number of rotatable bonds is 5. The van der Waals surface area contributed by atoms with Crippen LogP contribution in [-0.4, -0.2) is 69.1 Å². The van der Waals surface area contributed by atoms with Crippen LogP contribution in [0.4, 0.5) is 0 Å². The zero-order valence-corrected chi connectivity index (χ0v) is 16.5. The van der Waals surface area contributed by atoms with Gasteiger partial charge in [0, 0.05) is 32.0 Å². The van der Waals surface area contributed by atoms with Crippen molar-refractivity contribution in [1.29, 1.82) is 0 Å². The Bertz CT molecular complexity index is 713. The molecule has 1 N–H and O–H groups in total. The van der Waals surface area contributed by atoms with Gasteiger partial charge in [-0.05, 0) is 50.4 Å². The van der Waals surface area contributed by atoms with Crippen molar-refractivity contribution in [2.75, 3.05) is 26.2 Å². The van der Waals surface area contributed by atoms with Crippen LogP contribution in [0.5, 0.6) is 0 Å². The first-order valence-electron chi connectivity index (χ1n) is 10.6. The molecule has 2 saturated heterocycles. The van der Waals surface area contributed by atoms with E-state index in [1.165, 1.54) is 4.90 Å². The van der Waals surface area contributed by atoms with Gasteiger partial charge in [0.05, 0.1) is 6.54 Å². The molecule has 0 bridgehead atoms. The van der Waals surface area contributed by atoms with Crippen molar-refractivity contribution in [2.24, 2.45) is 11.8 Å². The highest BCUT2D eigenvalue weighted by Crippen LogP contribution is 2.45. The monoisotopic (exact) mass is 390 g/mol. The zero-order valence-electron chi connectivity index (χ0n) is 16.5. The number of aliphatic hydroxyl groups excluding tert-OH is 1. The molecular formula is C20H30N4O4. The molecule has 0 aromatic carbocycles. The first-order valence-corrected chi connectivity index (χ1v) is 10.6. The first kappa shape index (κ1) is 19.4. The van der Waals surface area contributed by atoms with Crippen LogP contribution in [0.2, 0.25) is 0 Å². The number of aromatic nitrogens is 2. The van der Waals surface area contributed by atoms with E-state index >= 15 is 0 Å². The zero-order chi connectivity index (χ0) is 19.7. The van der Waals surface area contributed by atoms with Gasteiger partial charge >= 0.3 is 0 Å². The van der Waals surface area contributed by atoms with E-state index in [1.54, 1.807) is 0 Å². The van der Waals surface area contributed by atoms with Crippen LogP contribution in [-0.2, 0) is 16.0 Å². The summed E-state index contributed by atoms with van der Waals surface area (Å²) < 4.78 is 5.42. The molecule has 28 heavy (non-hydrogen) atoms. The number of likely N-dealkylation sites (tertiary alicyclic amines) is 2. The molecule has 1 aromatic rings. The Hall–Kier alpha value is -1.96. The Morgan fingerprint density at radius 3 is 2.68 bits per heavy atom. The number of carbonyl (C=O) groups excluding carboxylic acids is 2. The Balaban J connectivity index is 1.24. The van der Waals surface area contributed by atoms with Crippen LogP contribution >= 0.6 is 0 Å². The van der Waals surface area contributed by atoms with E-state index in [9.17, 15) is 14.7 Å². The summed E-state index contributed by atoms with van der Waals surface area (Å²) in [5, 5.41) is 14.0. The summed E-state index contributed by atoms with van der Waals surface area (Å²) in [5.41, 5.74) is 0. The summed E-state index contributed by atoms with van der Waals surface area (Å²) in [5.74, 6) is 2.80. The lowest BCUT2D eigenvalue weighted by Crippen LogP contribution is -2.47. The minimum absolute atomic E-state index is 0.0244. The highest BCUT2D eigenvalue weighted by molar-refractivity contribution is 5.87. The molecule has 0 radical (unpaired) electrons. The Morgan fingerprint density at radius 2 is 1.96 bits per heavy atom. The minimum atomic E-state index is -0.959. The van der Waals surface area contributed by atoms with Gasteiger partial charge in [0.1, 0.15) is 6.10 Å². The Kier molecular flexibility index (Phi) is 5.66. The van der Waals surface area contributed by atoms with Crippen molar-refractivity contribution in [3.8, 4) is 0 Å². The highest BCUT2D eigenvalue weighted by Gasteiger charge is 2.38. The maximum atomic E-state index is 12.6. The quantitative estimate of drug-likeness (QED) is 0.815. The van der Waals surface area contributed by atoms with Gasteiger partial charge in [-0.2, -0.15) is 4.98 Å². The third kappa shape index (κ3) is 4.37. The second kappa shape index (κ2) is 8.19. The lowest BCUT2D eigenvalue weighted by Gasteiger charge is -2.33. The fourth-order valence-electron chi connectivity index (χ4n) is 4.32. The molecule has 2 amide bonds. The molecule has 154 valence electrons. The maximum Gasteiger partial charge on any atom is 0.251 e. The fraction of sp³-hybridized carbons (Fsp3) is 0.800. The van der Waals surface area contributed by atoms with Crippen molar-refractivity contribution in [2.45, 2.75) is 63.9 Å². The third-order valence-corrected chi connectivity index (χ3v) is 6.43. The van der Waals surface area contributed by atoms with E-state index < -0.39 is 6.10 Å².